The van der Waals surface area contributed by atoms with Gasteiger partial charge in [0.15, 0.2) is 0 Å². The van der Waals surface area contributed by atoms with Crippen molar-refractivity contribution in [3.63, 3.8) is 0 Å². The first-order chi connectivity index (χ1) is 7.91. The molecule has 0 aliphatic carbocycles. The van der Waals surface area contributed by atoms with Crippen molar-refractivity contribution in [1.82, 2.24) is 9.29 Å². The zero-order valence-corrected chi connectivity index (χ0v) is 10.4. The third-order valence-corrected chi connectivity index (χ3v) is 4.69. The number of aliphatic hydroxyl groups excluding tert-OH is 1. The second-order valence-corrected chi connectivity index (χ2v) is 6.19. The number of nitrogens with two attached hydrogens (primary N) is 1. The van der Waals surface area contributed by atoms with Crippen LogP contribution in [0.2, 0.25) is 5.02 Å². The first-order valence-electron chi connectivity index (χ1n) is 5.00. The zero-order chi connectivity index (χ0) is 12.6. The number of nitrogen functional groups attached to an aromatic ring is 1. The minimum Gasteiger partial charge on any atom is -0.392 e. The molecule has 0 spiro atoms. The highest BCUT2D eigenvalue weighted by Gasteiger charge is 2.33. The van der Waals surface area contributed by atoms with Crippen molar-refractivity contribution >= 4 is 27.4 Å². The highest BCUT2D eigenvalue weighted by Crippen LogP contribution is 2.26. The van der Waals surface area contributed by atoms with Gasteiger partial charge in [0, 0.05) is 19.3 Å². The van der Waals surface area contributed by atoms with E-state index in [2.05, 4.69) is 4.98 Å². The van der Waals surface area contributed by atoms with Gasteiger partial charge in [-0.1, -0.05) is 11.6 Å². The summed E-state index contributed by atoms with van der Waals surface area (Å²) in [6.45, 7) is 0.351. The summed E-state index contributed by atoms with van der Waals surface area (Å²) in [7, 11) is -3.72. The van der Waals surface area contributed by atoms with Crippen LogP contribution in [-0.4, -0.2) is 42.0 Å². The van der Waals surface area contributed by atoms with E-state index in [1.165, 1.54) is 16.6 Å². The Morgan fingerprint density at radius 3 is 2.88 bits per heavy atom. The summed E-state index contributed by atoms with van der Waals surface area (Å²) in [6, 6.07) is 1.27. The van der Waals surface area contributed by atoms with Gasteiger partial charge in [-0.05, 0) is 12.5 Å². The van der Waals surface area contributed by atoms with Gasteiger partial charge in [0.1, 0.15) is 10.7 Å². The minimum absolute atomic E-state index is 0.0777. The van der Waals surface area contributed by atoms with Crippen molar-refractivity contribution in [1.29, 1.82) is 0 Å². The van der Waals surface area contributed by atoms with Crippen molar-refractivity contribution in [3.8, 4) is 0 Å². The summed E-state index contributed by atoms with van der Waals surface area (Å²) < 4.78 is 25.6. The Morgan fingerprint density at radius 2 is 2.29 bits per heavy atom. The number of rotatable bonds is 2. The van der Waals surface area contributed by atoms with Crippen LogP contribution in [-0.2, 0) is 10.0 Å². The van der Waals surface area contributed by atoms with Crippen molar-refractivity contribution in [2.24, 2.45) is 0 Å². The lowest BCUT2D eigenvalue weighted by molar-refractivity contribution is 0.189. The van der Waals surface area contributed by atoms with Gasteiger partial charge >= 0.3 is 0 Å². The molecule has 0 aromatic carbocycles. The summed E-state index contributed by atoms with van der Waals surface area (Å²) in [5.41, 5.74) is 5.54. The molecule has 6 nitrogen and oxygen atoms in total. The molecule has 0 unspecified atom stereocenters. The van der Waals surface area contributed by atoms with E-state index in [9.17, 15) is 13.5 Å². The van der Waals surface area contributed by atoms with Crippen LogP contribution in [0, 0.1) is 0 Å². The molecule has 8 heteroatoms. The Hall–Kier alpha value is -0.890. The molecular weight excluding hydrogens is 266 g/mol. The lowest BCUT2D eigenvalue weighted by Crippen LogP contribution is -2.30. The molecule has 2 heterocycles. The molecule has 94 valence electrons. The van der Waals surface area contributed by atoms with Gasteiger partial charge in [-0.2, -0.15) is 4.31 Å². The van der Waals surface area contributed by atoms with Crippen LogP contribution in [0.25, 0.3) is 0 Å². The summed E-state index contributed by atoms with van der Waals surface area (Å²) in [4.78, 5) is 3.60. The Kier molecular flexibility index (Phi) is 3.26. The molecule has 2 rings (SSSR count). The molecule has 0 saturated carbocycles. The highest BCUT2D eigenvalue weighted by molar-refractivity contribution is 7.89. The number of anilines is 1. The molecule has 17 heavy (non-hydrogen) atoms. The van der Waals surface area contributed by atoms with Crippen LogP contribution >= 0.6 is 11.6 Å². The van der Waals surface area contributed by atoms with E-state index < -0.39 is 16.1 Å². The number of sulfonamides is 1. The Bertz CT molecular complexity index is 534. The Morgan fingerprint density at radius 1 is 1.59 bits per heavy atom. The molecule has 1 aromatic heterocycles. The Balaban J connectivity index is 2.41. The van der Waals surface area contributed by atoms with E-state index in [-0.39, 0.29) is 28.8 Å². The van der Waals surface area contributed by atoms with E-state index in [4.69, 9.17) is 17.3 Å². The summed E-state index contributed by atoms with van der Waals surface area (Å²) in [6.07, 6.45) is 1.08. The predicted octanol–water partition coefficient (Wildman–Crippen LogP) is 0.0725. The quantitative estimate of drug-likeness (QED) is 0.798. The summed E-state index contributed by atoms with van der Waals surface area (Å²) in [5.74, 6) is -0.0872. The number of nitrogens with zero attached hydrogens (tertiary/aromatic N) is 2. The SMILES string of the molecule is Nc1ncc(Cl)cc1S(=O)(=O)N1CC[C@@H](O)C1. The van der Waals surface area contributed by atoms with Gasteiger partial charge in [0.2, 0.25) is 10.0 Å². The lowest BCUT2D eigenvalue weighted by atomic mass is 10.3. The zero-order valence-electron chi connectivity index (χ0n) is 8.88. The molecule has 1 saturated heterocycles. The van der Waals surface area contributed by atoms with Crippen molar-refractivity contribution < 1.29 is 13.5 Å². The van der Waals surface area contributed by atoms with Gasteiger partial charge < -0.3 is 10.8 Å². The summed E-state index contributed by atoms with van der Waals surface area (Å²) in [5, 5.41) is 9.56. The van der Waals surface area contributed by atoms with Crippen molar-refractivity contribution in [2.75, 3.05) is 18.8 Å². The standard InChI is InChI=1S/C9H12ClN3O3S/c10-6-3-8(9(11)12-4-6)17(15,16)13-2-1-7(14)5-13/h3-4,7,14H,1-2,5H2,(H2,11,12)/t7-/m1/s1. The highest BCUT2D eigenvalue weighted by atomic mass is 35.5. The third-order valence-electron chi connectivity index (χ3n) is 2.59. The predicted molar refractivity (Wildman–Crippen MR) is 63.0 cm³/mol. The molecule has 3 N–H and O–H groups in total. The van der Waals surface area contributed by atoms with Gasteiger partial charge in [0.05, 0.1) is 11.1 Å². The van der Waals surface area contributed by atoms with Crippen LogP contribution in [0.4, 0.5) is 5.82 Å². The molecule has 1 aliphatic heterocycles. The fourth-order valence-corrected chi connectivity index (χ4v) is 3.51. The molecule has 0 amide bonds. The largest absolute Gasteiger partial charge is 0.392 e. The average Bonchev–Trinajstić information content (AvgIpc) is 2.69. The number of hydrogen-bond acceptors (Lipinski definition) is 5. The maximum absolute atomic E-state index is 12.2. The first-order valence-corrected chi connectivity index (χ1v) is 6.82. The van der Waals surface area contributed by atoms with Crippen LogP contribution in [0.1, 0.15) is 6.42 Å². The van der Waals surface area contributed by atoms with Gasteiger partial charge in [0.25, 0.3) is 0 Å². The summed E-state index contributed by atoms with van der Waals surface area (Å²) >= 11 is 5.71. The second kappa shape index (κ2) is 4.41. The normalized spacial score (nSPS) is 21.9. The molecule has 0 bridgehead atoms. The van der Waals surface area contributed by atoms with Crippen molar-refractivity contribution in [2.45, 2.75) is 17.4 Å². The third kappa shape index (κ3) is 2.37. The van der Waals surface area contributed by atoms with E-state index >= 15 is 0 Å². The number of aliphatic hydroxyl groups is 1. The minimum atomic E-state index is -3.72. The number of halogens is 1. The molecule has 1 atom stereocenters. The van der Waals surface area contributed by atoms with Gasteiger partial charge in [-0.25, -0.2) is 13.4 Å². The van der Waals surface area contributed by atoms with Crippen LogP contribution in [0.3, 0.4) is 0 Å². The molecule has 1 aromatic rings. The van der Waals surface area contributed by atoms with Gasteiger partial charge in [-0.15, -0.1) is 0 Å². The molecule has 1 fully saturated rings. The van der Waals surface area contributed by atoms with E-state index in [1.54, 1.807) is 0 Å². The van der Waals surface area contributed by atoms with Crippen LogP contribution < -0.4 is 5.73 Å². The molecule has 1 aliphatic rings. The number of β-amino-alcohol motifs (C(OH)–C–C–N with tert-alkyl or cyclic N) is 1. The van der Waals surface area contributed by atoms with Crippen molar-refractivity contribution in [3.05, 3.63) is 17.3 Å². The van der Waals surface area contributed by atoms with E-state index in [0.29, 0.717) is 6.42 Å². The molecule has 0 radical (unpaired) electrons. The Labute approximate surface area is 104 Å². The monoisotopic (exact) mass is 277 g/mol. The fraction of sp³-hybridized carbons (Fsp3) is 0.444. The van der Waals surface area contributed by atoms with Crippen LogP contribution in [0.5, 0.6) is 0 Å². The maximum Gasteiger partial charge on any atom is 0.246 e. The maximum atomic E-state index is 12.2. The van der Waals surface area contributed by atoms with E-state index in [1.807, 2.05) is 0 Å². The number of aromatic nitrogens is 1. The molecular formula is C9H12ClN3O3S. The average molecular weight is 278 g/mol. The fourth-order valence-electron chi connectivity index (χ4n) is 1.71. The first kappa shape index (κ1) is 12.6. The second-order valence-electron chi connectivity index (χ2n) is 3.84. The topological polar surface area (TPSA) is 96.5 Å². The van der Waals surface area contributed by atoms with Gasteiger partial charge in [-0.3, -0.25) is 0 Å². The van der Waals surface area contributed by atoms with E-state index in [0.717, 1.165) is 0 Å². The number of pyridine rings is 1. The lowest BCUT2D eigenvalue weighted by Gasteiger charge is -2.16. The van der Waals surface area contributed by atoms with Crippen LogP contribution in [0.15, 0.2) is 17.2 Å². The smallest absolute Gasteiger partial charge is 0.246 e. The number of hydrogen-bond donors (Lipinski definition) is 2.